The number of carbonyl (C=O) groups is 1. The largest absolute Gasteiger partial charge is 0.471 e. The molecule has 6 nitrogen and oxygen atoms in total. The molecule has 0 fully saturated rings. The van der Waals surface area contributed by atoms with Crippen molar-refractivity contribution in [1.29, 1.82) is 0 Å². The van der Waals surface area contributed by atoms with Crippen molar-refractivity contribution in [3.05, 3.63) is 35.7 Å². The highest BCUT2D eigenvalue weighted by Gasteiger charge is 2.38. The van der Waals surface area contributed by atoms with Crippen LogP contribution in [-0.2, 0) is 22.3 Å². The molecule has 2 rings (SSSR count). The van der Waals surface area contributed by atoms with E-state index in [0.29, 0.717) is 10.5 Å². The summed E-state index contributed by atoms with van der Waals surface area (Å²) in [4.78, 5) is 16.0. The van der Waals surface area contributed by atoms with Gasteiger partial charge in [-0.05, 0) is 12.0 Å². The molecule has 0 atom stereocenters. The first-order valence-electron chi connectivity index (χ1n) is 8.33. The van der Waals surface area contributed by atoms with Gasteiger partial charge in [0.2, 0.25) is 11.7 Å². The summed E-state index contributed by atoms with van der Waals surface area (Å²) >= 11 is 0. The molecule has 1 amide bonds. The molecule has 0 saturated heterocycles. The van der Waals surface area contributed by atoms with Crippen LogP contribution in [0.2, 0.25) is 0 Å². The summed E-state index contributed by atoms with van der Waals surface area (Å²) < 4.78 is 84.9. The average molecular weight is 425 g/mol. The number of ether oxygens (including phenoxy) is 1. The number of rotatable bonds is 8. The smallest absolute Gasteiger partial charge is 0.385 e. The number of halogens is 6. The van der Waals surface area contributed by atoms with E-state index in [0.717, 1.165) is 0 Å². The van der Waals surface area contributed by atoms with Crippen LogP contribution in [-0.4, -0.2) is 47.4 Å². The van der Waals surface area contributed by atoms with Crippen LogP contribution >= 0.6 is 0 Å². The van der Waals surface area contributed by atoms with Gasteiger partial charge in [-0.1, -0.05) is 29.4 Å². The summed E-state index contributed by atoms with van der Waals surface area (Å²) in [5, 5.41) is 3.23. The highest BCUT2D eigenvalue weighted by Crippen LogP contribution is 2.29. The molecule has 12 heteroatoms. The maximum absolute atomic E-state index is 12.8. The molecule has 160 valence electrons. The zero-order valence-electron chi connectivity index (χ0n) is 15.2. The summed E-state index contributed by atoms with van der Waals surface area (Å²) in [6.45, 7) is -1.49. The topological polar surface area (TPSA) is 68.5 Å². The van der Waals surface area contributed by atoms with Gasteiger partial charge in [0.15, 0.2) is 0 Å². The first kappa shape index (κ1) is 22.7. The van der Waals surface area contributed by atoms with Gasteiger partial charge in [-0.3, -0.25) is 4.79 Å². The molecule has 29 heavy (non-hydrogen) atoms. The molecule has 1 aromatic carbocycles. The Morgan fingerprint density at radius 1 is 1.14 bits per heavy atom. The van der Waals surface area contributed by atoms with Crippen LogP contribution in [0.3, 0.4) is 0 Å². The second kappa shape index (κ2) is 9.25. The lowest BCUT2D eigenvalue weighted by Crippen LogP contribution is -2.38. The summed E-state index contributed by atoms with van der Waals surface area (Å²) in [5.74, 6) is -2.50. The standard InChI is InChI=1S/C17H17F6N3O3/c1-28-8-2-3-13(27)26(10-16(18,19)20)9-11-4-6-12(7-5-11)14-24-15(29-25-14)17(21,22)23/h4-7H,2-3,8-10H2,1H3. The number of alkyl halides is 6. The Labute approximate surface area is 161 Å². The minimum absolute atomic E-state index is 0.106. The zero-order valence-corrected chi connectivity index (χ0v) is 15.2. The maximum Gasteiger partial charge on any atom is 0.471 e. The number of amides is 1. The molecule has 0 spiro atoms. The third kappa shape index (κ3) is 7.04. The van der Waals surface area contributed by atoms with E-state index in [1.165, 1.54) is 31.4 Å². The molecule has 1 aromatic heterocycles. The van der Waals surface area contributed by atoms with Gasteiger partial charge >= 0.3 is 18.2 Å². The van der Waals surface area contributed by atoms with Crippen LogP contribution in [0.4, 0.5) is 26.3 Å². The normalized spacial score (nSPS) is 12.2. The molecule has 0 unspecified atom stereocenters. The lowest BCUT2D eigenvalue weighted by molar-refractivity contribution is -0.162. The van der Waals surface area contributed by atoms with Gasteiger partial charge < -0.3 is 14.2 Å². The second-order valence-corrected chi connectivity index (χ2v) is 6.08. The Balaban J connectivity index is 2.11. The summed E-state index contributed by atoms with van der Waals surface area (Å²) in [6, 6.07) is 5.43. The average Bonchev–Trinajstić information content (AvgIpc) is 3.11. The Morgan fingerprint density at radius 2 is 1.79 bits per heavy atom. The van der Waals surface area contributed by atoms with Crippen molar-refractivity contribution < 1.29 is 40.4 Å². The van der Waals surface area contributed by atoms with E-state index in [9.17, 15) is 31.1 Å². The van der Waals surface area contributed by atoms with Gasteiger partial charge in [-0.25, -0.2) is 0 Å². The number of hydrogen-bond donors (Lipinski definition) is 0. The maximum atomic E-state index is 12.8. The van der Waals surface area contributed by atoms with Crippen LogP contribution in [0.15, 0.2) is 28.8 Å². The molecule has 0 aliphatic rings. The third-order valence-corrected chi connectivity index (χ3v) is 3.72. The van der Waals surface area contributed by atoms with E-state index in [-0.39, 0.29) is 37.4 Å². The second-order valence-electron chi connectivity index (χ2n) is 6.08. The first-order valence-corrected chi connectivity index (χ1v) is 8.33. The van der Waals surface area contributed by atoms with Crippen molar-refractivity contribution >= 4 is 5.91 Å². The Kier molecular flexibility index (Phi) is 7.22. The van der Waals surface area contributed by atoms with Crippen LogP contribution in [0.1, 0.15) is 24.3 Å². The molecule has 0 aliphatic carbocycles. The summed E-state index contributed by atoms with van der Waals surface area (Å²) in [6.07, 6.45) is -9.19. The van der Waals surface area contributed by atoms with Crippen LogP contribution < -0.4 is 0 Å². The number of aromatic nitrogens is 2. The fourth-order valence-electron chi connectivity index (χ4n) is 2.41. The van der Waals surface area contributed by atoms with E-state index < -0.39 is 30.7 Å². The molecular weight excluding hydrogens is 408 g/mol. The van der Waals surface area contributed by atoms with Crippen molar-refractivity contribution in [2.75, 3.05) is 20.3 Å². The van der Waals surface area contributed by atoms with Crippen molar-refractivity contribution in [3.63, 3.8) is 0 Å². The molecule has 0 radical (unpaired) electrons. The Hall–Kier alpha value is -2.63. The number of carbonyl (C=O) groups excluding carboxylic acids is 1. The molecule has 0 bridgehead atoms. The molecule has 1 heterocycles. The lowest BCUT2D eigenvalue weighted by atomic mass is 10.1. The van der Waals surface area contributed by atoms with E-state index in [1.807, 2.05) is 0 Å². The first-order chi connectivity index (χ1) is 13.5. The SMILES string of the molecule is COCCCC(=O)N(Cc1ccc(-c2noc(C(F)(F)F)n2)cc1)CC(F)(F)F. The van der Waals surface area contributed by atoms with E-state index in [2.05, 4.69) is 14.7 Å². The molecule has 2 aromatic rings. The fraction of sp³-hybridized carbons (Fsp3) is 0.471. The molecular formula is C17H17F6N3O3. The van der Waals surface area contributed by atoms with Crippen LogP contribution in [0.25, 0.3) is 11.4 Å². The number of hydrogen-bond acceptors (Lipinski definition) is 5. The number of benzene rings is 1. The van der Waals surface area contributed by atoms with Gasteiger partial charge in [-0.2, -0.15) is 31.3 Å². The predicted octanol–water partition coefficient (Wildman–Crippen LogP) is 4.07. The quantitative estimate of drug-likeness (QED) is 0.471. The van der Waals surface area contributed by atoms with E-state index >= 15 is 0 Å². The summed E-state index contributed by atoms with van der Waals surface area (Å²) in [5.41, 5.74) is 0.541. The number of methoxy groups -OCH3 is 1. The van der Waals surface area contributed by atoms with Gasteiger partial charge in [0.1, 0.15) is 6.54 Å². The minimum Gasteiger partial charge on any atom is -0.385 e. The van der Waals surface area contributed by atoms with Crippen LogP contribution in [0, 0.1) is 0 Å². The van der Waals surface area contributed by atoms with Gasteiger partial charge in [0.05, 0.1) is 0 Å². The fourth-order valence-corrected chi connectivity index (χ4v) is 2.41. The third-order valence-electron chi connectivity index (χ3n) is 3.72. The van der Waals surface area contributed by atoms with E-state index in [1.54, 1.807) is 0 Å². The lowest BCUT2D eigenvalue weighted by Gasteiger charge is -2.24. The Morgan fingerprint density at radius 3 is 2.31 bits per heavy atom. The predicted molar refractivity (Wildman–Crippen MR) is 87.3 cm³/mol. The number of nitrogens with zero attached hydrogens (tertiary/aromatic N) is 3. The summed E-state index contributed by atoms with van der Waals surface area (Å²) in [7, 11) is 1.42. The van der Waals surface area contributed by atoms with Crippen molar-refractivity contribution in [1.82, 2.24) is 15.0 Å². The molecule has 0 saturated carbocycles. The van der Waals surface area contributed by atoms with Crippen LogP contribution in [0.5, 0.6) is 0 Å². The van der Waals surface area contributed by atoms with Crippen molar-refractivity contribution in [3.8, 4) is 11.4 Å². The van der Waals surface area contributed by atoms with Gasteiger partial charge in [0, 0.05) is 32.2 Å². The van der Waals surface area contributed by atoms with Gasteiger partial charge in [-0.15, -0.1) is 0 Å². The molecule has 0 N–H and O–H groups in total. The zero-order chi connectivity index (χ0) is 21.7. The van der Waals surface area contributed by atoms with Crippen molar-refractivity contribution in [2.45, 2.75) is 31.7 Å². The van der Waals surface area contributed by atoms with Gasteiger partial charge in [0.25, 0.3) is 0 Å². The highest BCUT2D eigenvalue weighted by atomic mass is 19.4. The monoisotopic (exact) mass is 425 g/mol. The van der Waals surface area contributed by atoms with E-state index in [4.69, 9.17) is 4.74 Å². The highest BCUT2D eigenvalue weighted by molar-refractivity contribution is 5.76. The minimum atomic E-state index is -4.79. The molecule has 0 aliphatic heterocycles. The van der Waals surface area contributed by atoms with Crippen molar-refractivity contribution in [2.24, 2.45) is 0 Å². The Bertz CT molecular complexity index is 802.